The van der Waals surface area contributed by atoms with Crippen molar-refractivity contribution in [2.45, 2.75) is 5.16 Å². The van der Waals surface area contributed by atoms with Crippen LogP contribution in [-0.4, -0.2) is 26.4 Å². The minimum atomic E-state index is -0.105. The van der Waals surface area contributed by atoms with E-state index in [2.05, 4.69) is 15.5 Å². The van der Waals surface area contributed by atoms with Gasteiger partial charge < -0.3 is 5.32 Å². The lowest BCUT2D eigenvalue weighted by molar-refractivity contribution is -0.113. The highest BCUT2D eigenvalue weighted by atomic mass is 35.5. The number of hydrogen-bond acceptors (Lipinski definition) is 4. The molecule has 4 aromatic carbocycles. The van der Waals surface area contributed by atoms with E-state index in [-0.39, 0.29) is 11.7 Å². The van der Waals surface area contributed by atoms with Crippen LogP contribution in [0, 0.1) is 0 Å². The van der Waals surface area contributed by atoms with Crippen molar-refractivity contribution in [3.8, 4) is 17.1 Å². The second-order valence-corrected chi connectivity index (χ2v) is 8.73. The number of para-hydroxylation sites is 1. The van der Waals surface area contributed by atoms with Gasteiger partial charge in [-0.15, -0.1) is 10.2 Å². The van der Waals surface area contributed by atoms with Crippen molar-refractivity contribution in [2.75, 3.05) is 11.1 Å². The molecule has 1 aromatic heterocycles. The van der Waals surface area contributed by atoms with Gasteiger partial charge in [0.05, 0.1) is 5.75 Å². The van der Waals surface area contributed by atoms with E-state index in [0.717, 1.165) is 27.7 Å². The number of fused-ring (bicyclic) bond motifs is 1. The zero-order valence-corrected chi connectivity index (χ0v) is 19.1. The first-order valence-corrected chi connectivity index (χ1v) is 11.7. The molecule has 5 nitrogen and oxygen atoms in total. The number of carbonyl (C=O) groups is 1. The van der Waals surface area contributed by atoms with Gasteiger partial charge in [-0.05, 0) is 47.9 Å². The molecule has 0 bridgehead atoms. The van der Waals surface area contributed by atoms with Crippen LogP contribution in [0.3, 0.4) is 0 Å². The first kappa shape index (κ1) is 21.2. The molecule has 0 saturated heterocycles. The Labute approximate surface area is 200 Å². The quantitative estimate of drug-likeness (QED) is 0.289. The van der Waals surface area contributed by atoms with E-state index < -0.39 is 0 Å². The summed E-state index contributed by atoms with van der Waals surface area (Å²) in [5.74, 6) is 0.788. The number of rotatable bonds is 6. The number of amides is 1. The molecule has 0 aliphatic rings. The third-order valence-electron chi connectivity index (χ3n) is 5.15. The summed E-state index contributed by atoms with van der Waals surface area (Å²) in [6, 6.07) is 31.2. The van der Waals surface area contributed by atoms with E-state index in [1.165, 1.54) is 11.8 Å². The normalized spacial score (nSPS) is 10.9. The number of nitrogens with zero attached hydrogens (tertiary/aromatic N) is 3. The van der Waals surface area contributed by atoms with Gasteiger partial charge in [0.2, 0.25) is 5.91 Å². The van der Waals surface area contributed by atoms with Crippen LogP contribution >= 0.6 is 23.4 Å². The Hall–Kier alpha value is -3.61. The molecule has 33 heavy (non-hydrogen) atoms. The number of halogens is 1. The monoisotopic (exact) mass is 470 g/mol. The van der Waals surface area contributed by atoms with Gasteiger partial charge in [-0.3, -0.25) is 9.36 Å². The molecule has 1 heterocycles. The summed E-state index contributed by atoms with van der Waals surface area (Å²) < 4.78 is 1.96. The van der Waals surface area contributed by atoms with E-state index in [0.29, 0.717) is 16.0 Å². The van der Waals surface area contributed by atoms with Gasteiger partial charge in [-0.1, -0.05) is 78.0 Å². The molecule has 0 aliphatic carbocycles. The lowest BCUT2D eigenvalue weighted by Gasteiger charge is -2.11. The minimum Gasteiger partial charge on any atom is -0.325 e. The standard InChI is InChI=1S/C26H19ClN4OS/c27-20-15-13-19(14-16-20)25-29-30-26(31(25)21-9-2-1-3-10-21)33-17-24(32)28-23-12-6-8-18-7-4-5-11-22(18)23/h1-16H,17H2,(H,28,32). The summed E-state index contributed by atoms with van der Waals surface area (Å²) >= 11 is 7.40. The Bertz CT molecular complexity index is 1410. The summed E-state index contributed by atoms with van der Waals surface area (Å²) in [6.45, 7) is 0. The first-order chi connectivity index (χ1) is 16.2. The SMILES string of the molecule is O=C(CSc1nnc(-c2ccc(Cl)cc2)n1-c1ccccc1)Nc1cccc2ccccc12. The van der Waals surface area contributed by atoms with Gasteiger partial charge in [0.15, 0.2) is 11.0 Å². The molecule has 1 N–H and O–H groups in total. The Kier molecular flexibility index (Phi) is 6.11. The molecule has 0 radical (unpaired) electrons. The molecule has 5 aromatic rings. The molecule has 0 spiro atoms. The van der Waals surface area contributed by atoms with E-state index >= 15 is 0 Å². The van der Waals surface area contributed by atoms with Crippen molar-refractivity contribution in [3.63, 3.8) is 0 Å². The smallest absolute Gasteiger partial charge is 0.234 e. The Morgan fingerprint density at radius 2 is 1.58 bits per heavy atom. The lowest BCUT2D eigenvalue weighted by atomic mass is 10.1. The second-order valence-electron chi connectivity index (χ2n) is 7.35. The van der Waals surface area contributed by atoms with Crippen LogP contribution in [0.2, 0.25) is 5.02 Å². The van der Waals surface area contributed by atoms with Gasteiger partial charge in [0, 0.05) is 27.3 Å². The van der Waals surface area contributed by atoms with Crippen molar-refractivity contribution in [2.24, 2.45) is 0 Å². The number of benzene rings is 4. The number of thioether (sulfide) groups is 1. The van der Waals surface area contributed by atoms with Crippen LogP contribution in [0.1, 0.15) is 0 Å². The molecule has 1 amide bonds. The van der Waals surface area contributed by atoms with Crippen LogP contribution in [0.5, 0.6) is 0 Å². The number of hydrogen-bond donors (Lipinski definition) is 1. The maximum atomic E-state index is 12.8. The summed E-state index contributed by atoms with van der Waals surface area (Å²) in [6.07, 6.45) is 0. The Morgan fingerprint density at radius 3 is 2.39 bits per heavy atom. The average Bonchev–Trinajstić information content (AvgIpc) is 3.28. The van der Waals surface area contributed by atoms with Crippen LogP contribution in [0.4, 0.5) is 5.69 Å². The maximum absolute atomic E-state index is 12.8. The Balaban J connectivity index is 1.40. The molecule has 0 aliphatic heterocycles. The fraction of sp³-hybridized carbons (Fsp3) is 0.0385. The summed E-state index contributed by atoms with van der Waals surface area (Å²) in [5, 5.41) is 15.2. The van der Waals surface area contributed by atoms with E-state index in [4.69, 9.17) is 11.6 Å². The highest BCUT2D eigenvalue weighted by Gasteiger charge is 2.17. The van der Waals surface area contributed by atoms with Crippen molar-refractivity contribution in [3.05, 3.63) is 102 Å². The maximum Gasteiger partial charge on any atom is 0.234 e. The third-order valence-corrected chi connectivity index (χ3v) is 6.33. The third kappa shape index (κ3) is 4.62. The van der Waals surface area contributed by atoms with Crippen LogP contribution < -0.4 is 5.32 Å². The topological polar surface area (TPSA) is 59.8 Å². The lowest BCUT2D eigenvalue weighted by Crippen LogP contribution is -2.14. The highest BCUT2D eigenvalue weighted by molar-refractivity contribution is 7.99. The van der Waals surface area contributed by atoms with Gasteiger partial charge >= 0.3 is 0 Å². The number of carbonyl (C=O) groups excluding carboxylic acids is 1. The largest absolute Gasteiger partial charge is 0.325 e. The molecule has 0 saturated carbocycles. The van der Waals surface area contributed by atoms with Crippen molar-refractivity contribution >= 4 is 45.7 Å². The van der Waals surface area contributed by atoms with Crippen molar-refractivity contribution in [1.29, 1.82) is 0 Å². The first-order valence-electron chi connectivity index (χ1n) is 10.4. The number of anilines is 1. The average molecular weight is 471 g/mol. The molecular formula is C26H19ClN4OS. The summed E-state index contributed by atoms with van der Waals surface area (Å²) in [5.41, 5.74) is 2.61. The number of nitrogens with one attached hydrogen (secondary N) is 1. The number of aromatic nitrogens is 3. The van der Waals surface area contributed by atoms with E-state index in [1.54, 1.807) is 0 Å². The van der Waals surface area contributed by atoms with Crippen LogP contribution in [0.25, 0.3) is 27.8 Å². The molecule has 7 heteroatoms. The predicted octanol–water partition coefficient (Wildman–Crippen LogP) is 6.47. The fourth-order valence-corrected chi connectivity index (χ4v) is 4.49. The van der Waals surface area contributed by atoms with Gasteiger partial charge in [-0.25, -0.2) is 0 Å². The molecule has 0 fully saturated rings. The van der Waals surface area contributed by atoms with Crippen LogP contribution in [0.15, 0.2) is 102 Å². The van der Waals surface area contributed by atoms with Gasteiger partial charge in [0.25, 0.3) is 0 Å². The van der Waals surface area contributed by atoms with Gasteiger partial charge in [-0.2, -0.15) is 0 Å². The van der Waals surface area contributed by atoms with E-state index in [1.807, 2.05) is 102 Å². The van der Waals surface area contributed by atoms with Crippen molar-refractivity contribution < 1.29 is 4.79 Å². The zero-order chi connectivity index (χ0) is 22.6. The second kappa shape index (κ2) is 9.48. The summed E-state index contributed by atoms with van der Waals surface area (Å²) in [4.78, 5) is 12.8. The molecule has 5 rings (SSSR count). The molecular weight excluding hydrogens is 452 g/mol. The molecule has 0 unspecified atom stereocenters. The molecule has 162 valence electrons. The van der Waals surface area contributed by atoms with Gasteiger partial charge in [0.1, 0.15) is 0 Å². The summed E-state index contributed by atoms with van der Waals surface area (Å²) in [7, 11) is 0. The zero-order valence-electron chi connectivity index (χ0n) is 17.5. The molecule has 0 atom stereocenters. The Morgan fingerprint density at radius 1 is 0.848 bits per heavy atom. The predicted molar refractivity (Wildman–Crippen MR) is 135 cm³/mol. The fourth-order valence-electron chi connectivity index (χ4n) is 3.61. The van der Waals surface area contributed by atoms with Crippen molar-refractivity contribution in [1.82, 2.24) is 14.8 Å². The highest BCUT2D eigenvalue weighted by Crippen LogP contribution is 2.29. The minimum absolute atomic E-state index is 0.105. The van der Waals surface area contributed by atoms with Crippen LogP contribution in [-0.2, 0) is 4.79 Å². The van der Waals surface area contributed by atoms with E-state index in [9.17, 15) is 4.79 Å².